The molecule has 118 valence electrons. The van der Waals surface area contributed by atoms with Crippen LogP contribution in [0.2, 0.25) is 0 Å². The van der Waals surface area contributed by atoms with E-state index in [0.717, 1.165) is 28.1 Å². The fraction of sp³-hybridized carbons (Fsp3) is 0.111. The Labute approximate surface area is 140 Å². The van der Waals surface area contributed by atoms with Crippen LogP contribution in [0.15, 0.2) is 54.6 Å². The number of aryl methyl sites for hydroxylation is 1. The minimum atomic E-state index is -0.268. The highest BCUT2D eigenvalue weighted by Crippen LogP contribution is 2.23. The van der Waals surface area contributed by atoms with Crippen molar-refractivity contribution in [3.05, 3.63) is 71.7 Å². The zero-order valence-electron chi connectivity index (χ0n) is 12.7. The molecular weight excluding hydrogens is 313 g/mol. The molecule has 3 nitrogen and oxygen atoms in total. The van der Waals surface area contributed by atoms with Crippen molar-refractivity contribution >= 4 is 12.4 Å². The molecule has 5 heteroatoms. The number of nitrogens with zero attached hydrogens (tertiary/aromatic N) is 2. The van der Waals surface area contributed by atoms with Crippen molar-refractivity contribution in [3.63, 3.8) is 0 Å². The molecule has 2 aromatic carbocycles. The fourth-order valence-electron chi connectivity index (χ4n) is 2.28. The van der Waals surface area contributed by atoms with E-state index in [-0.39, 0.29) is 18.2 Å². The van der Waals surface area contributed by atoms with Crippen molar-refractivity contribution in [2.75, 3.05) is 0 Å². The largest absolute Gasteiger partial charge is 0.325 e. The summed E-state index contributed by atoms with van der Waals surface area (Å²) < 4.78 is 13.1. The van der Waals surface area contributed by atoms with Crippen LogP contribution in [0.3, 0.4) is 0 Å². The smallest absolute Gasteiger partial charge is 0.160 e. The van der Waals surface area contributed by atoms with Crippen molar-refractivity contribution in [1.29, 1.82) is 0 Å². The molecule has 0 fully saturated rings. The third-order valence-electron chi connectivity index (χ3n) is 3.40. The van der Waals surface area contributed by atoms with Crippen molar-refractivity contribution in [2.24, 2.45) is 5.73 Å². The Bertz CT molecular complexity index is 804. The molecule has 0 unspecified atom stereocenters. The van der Waals surface area contributed by atoms with E-state index in [2.05, 4.69) is 9.97 Å². The van der Waals surface area contributed by atoms with E-state index in [1.165, 1.54) is 12.1 Å². The third-order valence-corrected chi connectivity index (χ3v) is 3.40. The molecule has 0 aliphatic heterocycles. The maximum Gasteiger partial charge on any atom is 0.160 e. The van der Waals surface area contributed by atoms with Crippen molar-refractivity contribution in [2.45, 2.75) is 13.5 Å². The standard InChI is InChI=1S/C18H16FN3.ClH/c1-12-3-2-4-14(9-12)18-21-16(11-20)10-17(22-18)13-5-7-15(19)8-6-13;/h2-10H,11,20H2,1H3;1H. The van der Waals surface area contributed by atoms with E-state index in [0.29, 0.717) is 12.4 Å². The van der Waals surface area contributed by atoms with Crippen molar-refractivity contribution in [1.82, 2.24) is 9.97 Å². The lowest BCUT2D eigenvalue weighted by Crippen LogP contribution is -2.03. The summed E-state index contributed by atoms with van der Waals surface area (Å²) in [5.41, 5.74) is 10.2. The zero-order valence-corrected chi connectivity index (χ0v) is 13.5. The first-order chi connectivity index (χ1) is 10.7. The molecular formula is C18H17ClFN3. The van der Waals surface area contributed by atoms with Crippen molar-refractivity contribution < 1.29 is 4.39 Å². The molecule has 0 atom stereocenters. The predicted molar refractivity (Wildman–Crippen MR) is 92.7 cm³/mol. The van der Waals surface area contributed by atoms with E-state index in [1.807, 2.05) is 37.3 Å². The highest BCUT2D eigenvalue weighted by Gasteiger charge is 2.08. The molecule has 0 bridgehead atoms. The average molecular weight is 330 g/mol. The highest BCUT2D eigenvalue weighted by molar-refractivity contribution is 5.85. The van der Waals surface area contributed by atoms with Crippen LogP contribution in [0, 0.1) is 12.7 Å². The molecule has 2 N–H and O–H groups in total. The lowest BCUT2D eigenvalue weighted by molar-refractivity contribution is 0.628. The van der Waals surface area contributed by atoms with E-state index in [1.54, 1.807) is 12.1 Å². The quantitative estimate of drug-likeness (QED) is 0.785. The predicted octanol–water partition coefficient (Wildman–Crippen LogP) is 4.14. The Morgan fingerprint density at radius 2 is 1.70 bits per heavy atom. The van der Waals surface area contributed by atoms with Gasteiger partial charge in [-0.3, -0.25) is 0 Å². The molecule has 0 saturated carbocycles. The number of hydrogen-bond donors (Lipinski definition) is 1. The highest BCUT2D eigenvalue weighted by atomic mass is 35.5. The minimum absolute atomic E-state index is 0. The average Bonchev–Trinajstić information content (AvgIpc) is 2.55. The number of benzene rings is 2. The minimum Gasteiger partial charge on any atom is -0.325 e. The molecule has 1 aromatic heterocycles. The van der Waals surface area contributed by atoms with Crippen LogP contribution in [0.5, 0.6) is 0 Å². The van der Waals surface area contributed by atoms with Gasteiger partial charge in [0.05, 0.1) is 11.4 Å². The van der Waals surface area contributed by atoms with Gasteiger partial charge < -0.3 is 5.73 Å². The molecule has 0 aliphatic rings. The van der Waals surface area contributed by atoms with Gasteiger partial charge in [-0.15, -0.1) is 12.4 Å². The molecule has 23 heavy (non-hydrogen) atoms. The Balaban J connectivity index is 0.00000192. The summed E-state index contributed by atoms with van der Waals surface area (Å²) in [6, 6.07) is 16.1. The van der Waals surface area contributed by atoms with Crippen LogP contribution in [-0.4, -0.2) is 9.97 Å². The van der Waals surface area contributed by atoms with Gasteiger partial charge in [-0.2, -0.15) is 0 Å². The van der Waals surface area contributed by atoms with Gasteiger partial charge in [0.1, 0.15) is 5.82 Å². The van der Waals surface area contributed by atoms with Gasteiger partial charge in [-0.25, -0.2) is 14.4 Å². The van der Waals surface area contributed by atoms with E-state index in [9.17, 15) is 4.39 Å². The number of aromatic nitrogens is 2. The molecule has 3 rings (SSSR count). The molecule has 0 aliphatic carbocycles. The number of nitrogens with two attached hydrogens (primary N) is 1. The van der Waals surface area contributed by atoms with Crippen LogP contribution >= 0.6 is 12.4 Å². The monoisotopic (exact) mass is 329 g/mol. The summed E-state index contributed by atoms with van der Waals surface area (Å²) in [5, 5.41) is 0. The topological polar surface area (TPSA) is 51.8 Å². The first-order valence-corrected chi connectivity index (χ1v) is 7.07. The normalized spacial score (nSPS) is 10.2. The fourth-order valence-corrected chi connectivity index (χ4v) is 2.28. The Morgan fingerprint density at radius 1 is 0.957 bits per heavy atom. The van der Waals surface area contributed by atoms with Gasteiger partial charge in [0, 0.05) is 17.7 Å². The maximum absolute atomic E-state index is 13.1. The van der Waals surface area contributed by atoms with E-state index < -0.39 is 0 Å². The maximum atomic E-state index is 13.1. The van der Waals surface area contributed by atoms with Gasteiger partial charge in [0.15, 0.2) is 5.82 Å². The first-order valence-electron chi connectivity index (χ1n) is 7.07. The summed E-state index contributed by atoms with van der Waals surface area (Å²) in [5.74, 6) is 0.363. The van der Waals surface area contributed by atoms with Gasteiger partial charge >= 0.3 is 0 Å². The SMILES string of the molecule is Cc1cccc(-c2nc(CN)cc(-c3ccc(F)cc3)n2)c1.Cl. The summed E-state index contributed by atoms with van der Waals surface area (Å²) in [6.45, 7) is 2.35. The van der Waals surface area contributed by atoms with E-state index >= 15 is 0 Å². The van der Waals surface area contributed by atoms with Gasteiger partial charge in [0.25, 0.3) is 0 Å². The zero-order chi connectivity index (χ0) is 15.5. The van der Waals surface area contributed by atoms with Crippen LogP contribution in [-0.2, 0) is 6.54 Å². The molecule has 0 spiro atoms. The third kappa shape index (κ3) is 3.92. The summed E-state index contributed by atoms with van der Waals surface area (Å²) >= 11 is 0. The van der Waals surface area contributed by atoms with Crippen molar-refractivity contribution in [3.8, 4) is 22.6 Å². The second-order valence-electron chi connectivity index (χ2n) is 5.15. The number of rotatable bonds is 3. The Morgan fingerprint density at radius 3 is 2.35 bits per heavy atom. The lowest BCUT2D eigenvalue weighted by Gasteiger charge is -2.08. The number of hydrogen-bond acceptors (Lipinski definition) is 3. The van der Waals surface area contributed by atoms with E-state index in [4.69, 9.17) is 5.73 Å². The second kappa shape index (κ2) is 7.31. The number of halogens is 2. The molecule has 0 saturated heterocycles. The molecule has 3 aromatic rings. The van der Waals surface area contributed by atoms with Gasteiger partial charge in [-0.05, 0) is 43.3 Å². The first kappa shape index (κ1) is 17.1. The van der Waals surface area contributed by atoms with Crippen LogP contribution in [0.25, 0.3) is 22.6 Å². The van der Waals surface area contributed by atoms with Gasteiger partial charge in [0.2, 0.25) is 0 Å². The molecule has 0 amide bonds. The summed E-state index contributed by atoms with van der Waals surface area (Å²) in [4.78, 5) is 9.10. The molecule has 0 radical (unpaired) electrons. The Kier molecular flexibility index (Phi) is 5.42. The second-order valence-corrected chi connectivity index (χ2v) is 5.15. The van der Waals surface area contributed by atoms with Crippen LogP contribution in [0.4, 0.5) is 4.39 Å². The Hall–Kier alpha value is -2.30. The lowest BCUT2D eigenvalue weighted by atomic mass is 10.1. The summed E-state index contributed by atoms with van der Waals surface area (Å²) in [6.07, 6.45) is 0. The summed E-state index contributed by atoms with van der Waals surface area (Å²) in [7, 11) is 0. The molecule has 1 heterocycles. The van der Waals surface area contributed by atoms with Crippen LogP contribution in [0.1, 0.15) is 11.3 Å². The van der Waals surface area contributed by atoms with Crippen LogP contribution < -0.4 is 5.73 Å². The van der Waals surface area contributed by atoms with Gasteiger partial charge in [-0.1, -0.05) is 23.8 Å².